The molecule has 1 aliphatic heterocycles. The second kappa shape index (κ2) is 6.88. The molecule has 1 unspecified atom stereocenters. The van der Waals surface area contributed by atoms with E-state index < -0.39 is 0 Å². The molecule has 0 radical (unpaired) electrons. The summed E-state index contributed by atoms with van der Waals surface area (Å²) >= 11 is 5.75. The van der Waals surface area contributed by atoms with Gasteiger partial charge in [-0.1, -0.05) is 31.5 Å². The highest BCUT2D eigenvalue weighted by molar-refractivity contribution is 6.30. The SMILES string of the molecule is CC(C)C1CCN(C(CN)c2ccc(Cl)c(F)c2)CC1. The summed E-state index contributed by atoms with van der Waals surface area (Å²) in [6, 6.07) is 5.12. The Bertz CT molecular complexity index is 442. The van der Waals surface area contributed by atoms with Crippen LogP contribution in [0.1, 0.15) is 38.3 Å². The van der Waals surface area contributed by atoms with Crippen molar-refractivity contribution in [3.8, 4) is 0 Å². The number of piperidine rings is 1. The number of hydrogen-bond donors (Lipinski definition) is 1. The molecule has 2 nitrogen and oxygen atoms in total. The molecule has 1 atom stereocenters. The van der Waals surface area contributed by atoms with Crippen molar-refractivity contribution < 1.29 is 4.39 Å². The first-order valence-electron chi connectivity index (χ1n) is 7.42. The van der Waals surface area contributed by atoms with E-state index in [1.54, 1.807) is 6.07 Å². The minimum absolute atomic E-state index is 0.0925. The summed E-state index contributed by atoms with van der Waals surface area (Å²) < 4.78 is 13.6. The number of halogens is 2. The Morgan fingerprint density at radius 3 is 2.50 bits per heavy atom. The maximum atomic E-state index is 13.6. The van der Waals surface area contributed by atoms with Crippen molar-refractivity contribution in [3.63, 3.8) is 0 Å². The largest absolute Gasteiger partial charge is 0.329 e. The molecule has 0 aromatic heterocycles. The van der Waals surface area contributed by atoms with E-state index >= 15 is 0 Å². The Morgan fingerprint density at radius 1 is 1.35 bits per heavy atom. The third-order valence-corrected chi connectivity index (χ3v) is 4.82. The van der Waals surface area contributed by atoms with Gasteiger partial charge in [0.15, 0.2) is 0 Å². The van der Waals surface area contributed by atoms with Gasteiger partial charge in [0, 0.05) is 12.6 Å². The monoisotopic (exact) mass is 298 g/mol. The van der Waals surface area contributed by atoms with Crippen LogP contribution in [-0.2, 0) is 0 Å². The van der Waals surface area contributed by atoms with Crippen molar-refractivity contribution in [1.29, 1.82) is 0 Å². The fourth-order valence-corrected chi connectivity index (χ4v) is 3.23. The summed E-state index contributed by atoms with van der Waals surface area (Å²) in [5.41, 5.74) is 6.85. The van der Waals surface area contributed by atoms with Gasteiger partial charge >= 0.3 is 0 Å². The summed E-state index contributed by atoms with van der Waals surface area (Å²) in [5.74, 6) is 1.17. The molecule has 2 rings (SSSR count). The summed E-state index contributed by atoms with van der Waals surface area (Å²) in [6.07, 6.45) is 2.40. The molecule has 1 aromatic rings. The van der Waals surface area contributed by atoms with E-state index in [0.717, 1.165) is 30.5 Å². The van der Waals surface area contributed by atoms with Gasteiger partial charge in [-0.2, -0.15) is 0 Å². The van der Waals surface area contributed by atoms with Crippen LogP contribution >= 0.6 is 11.6 Å². The van der Waals surface area contributed by atoms with Crippen LogP contribution in [0.4, 0.5) is 4.39 Å². The molecule has 4 heteroatoms. The molecule has 0 bridgehead atoms. The van der Waals surface area contributed by atoms with Gasteiger partial charge in [0.25, 0.3) is 0 Å². The molecule has 1 heterocycles. The second-order valence-corrected chi connectivity index (χ2v) is 6.45. The van der Waals surface area contributed by atoms with Crippen molar-refractivity contribution in [1.82, 2.24) is 4.90 Å². The van der Waals surface area contributed by atoms with Gasteiger partial charge < -0.3 is 5.73 Å². The van der Waals surface area contributed by atoms with Crippen LogP contribution in [-0.4, -0.2) is 24.5 Å². The second-order valence-electron chi connectivity index (χ2n) is 6.04. The lowest BCUT2D eigenvalue weighted by Gasteiger charge is -2.38. The van der Waals surface area contributed by atoms with Crippen LogP contribution in [0.5, 0.6) is 0 Å². The Morgan fingerprint density at radius 2 is 2.00 bits per heavy atom. The fraction of sp³-hybridized carbons (Fsp3) is 0.625. The number of nitrogens with zero attached hydrogens (tertiary/aromatic N) is 1. The minimum Gasteiger partial charge on any atom is -0.329 e. The summed E-state index contributed by atoms with van der Waals surface area (Å²) in [4.78, 5) is 2.38. The number of rotatable bonds is 4. The molecule has 1 saturated heterocycles. The molecule has 20 heavy (non-hydrogen) atoms. The first-order valence-corrected chi connectivity index (χ1v) is 7.79. The number of nitrogens with two attached hydrogens (primary N) is 1. The summed E-state index contributed by atoms with van der Waals surface area (Å²) in [7, 11) is 0. The minimum atomic E-state index is -0.361. The van der Waals surface area contributed by atoms with Crippen molar-refractivity contribution in [2.45, 2.75) is 32.7 Å². The lowest BCUT2D eigenvalue weighted by molar-refractivity contribution is 0.117. The van der Waals surface area contributed by atoms with E-state index in [1.807, 2.05) is 6.07 Å². The summed E-state index contributed by atoms with van der Waals surface area (Å²) in [6.45, 7) is 7.15. The molecule has 0 amide bonds. The van der Waals surface area contributed by atoms with Crippen LogP contribution < -0.4 is 5.73 Å². The highest BCUT2D eigenvalue weighted by Crippen LogP contribution is 2.30. The highest BCUT2D eigenvalue weighted by Gasteiger charge is 2.26. The van der Waals surface area contributed by atoms with E-state index in [1.165, 1.54) is 18.9 Å². The van der Waals surface area contributed by atoms with Crippen LogP contribution in [0, 0.1) is 17.7 Å². The first-order chi connectivity index (χ1) is 9.52. The Labute approximate surface area is 126 Å². The molecule has 112 valence electrons. The molecule has 0 saturated carbocycles. The number of hydrogen-bond acceptors (Lipinski definition) is 2. The average Bonchev–Trinajstić information content (AvgIpc) is 2.44. The Balaban J connectivity index is 2.07. The summed E-state index contributed by atoms with van der Waals surface area (Å²) in [5, 5.41) is 0.169. The normalized spacial score (nSPS) is 19.5. The molecule has 1 aliphatic rings. The average molecular weight is 299 g/mol. The first kappa shape index (κ1) is 15.7. The molecule has 1 fully saturated rings. The van der Waals surface area contributed by atoms with Gasteiger partial charge in [0.2, 0.25) is 0 Å². The van der Waals surface area contributed by atoms with Gasteiger partial charge in [-0.05, 0) is 55.5 Å². The molecular formula is C16H24ClFN2. The number of benzene rings is 1. The topological polar surface area (TPSA) is 29.3 Å². The van der Waals surface area contributed by atoms with Gasteiger partial charge in [0.1, 0.15) is 5.82 Å². The van der Waals surface area contributed by atoms with E-state index in [2.05, 4.69) is 18.7 Å². The lowest BCUT2D eigenvalue weighted by Crippen LogP contribution is -2.40. The standard InChI is InChI=1S/C16H24ClFN2/c1-11(2)12-5-7-20(8-6-12)16(10-19)13-3-4-14(17)15(18)9-13/h3-4,9,11-12,16H,5-8,10,19H2,1-2H3. The molecular weight excluding hydrogens is 275 g/mol. The van der Waals surface area contributed by atoms with E-state index in [0.29, 0.717) is 6.54 Å². The molecule has 2 N–H and O–H groups in total. The van der Waals surface area contributed by atoms with E-state index in [9.17, 15) is 4.39 Å². The zero-order valence-electron chi connectivity index (χ0n) is 12.3. The van der Waals surface area contributed by atoms with Gasteiger partial charge in [-0.15, -0.1) is 0 Å². The van der Waals surface area contributed by atoms with Crippen molar-refractivity contribution >= 4 is 11.6 Å². The predicted molar refractivity (Wildman–Crippen MR) is 82.3 cm³/mol. The Hall–Kier alpha value is -0.640. The molecule has 0 aliphatic carbocycles. The maximum absolute atomic E-state index is 13.6. The lowest BCUT2D eigenvalue weighted by atomic mass is 9.86. The van der Waals surface area contributed by atoms with Crippen molar-refractivity contribution in [2.75, 3.05) is 19.6 Å². The van der Waals surface area contributed by atoms with Crippen molar-refractivity contribution in [2.24, 2.45) is 17.6 Å². The molecule has 1 aromatic carbocycles. The van der Waals surface area contributed by atoms with Crippen LogP contribution in [0.2, 0.25) is 5.02 Å². The zero-order chi connectivity index (χ0) is 14.7. The van der Waals surface area contributed by atoms with Crippen LogP contribution in [0.3, 0.4) is 0 Å². The number of likely N-dealkylation sites (tertiary alicyclic amines) is 1. The zero-order valence-corrected chi connectivity index (χ0v) is 13.0. The van der Waals surface area contributed by atoms with Gasteiger partial charge in [-0.3, -0.25) is 4.90 Å². The highest BCUT2D eigenvalue weighted by atomic mass is 35.5. The quantitative estimate of drug-likeness (QED) is 0.915. The third-order valence-electron chi connectivity index (χ3n) is 4.51. The van der Waals surface area contributed by atoms with Crippen LogP contribution in [0.15, 0.2) is 18.2 Å². The van der Waals surface area contributed by atoms with Crippen LogP contribution in [0.25, 0.3) is 0 Å². The van der Waals surface area contributed by atoms with Gasteiger partial charge in [0.05, 0.1) is 5.02 Å². The third kappa shape index (κ3) is 3.51. The predicted octanol–water partition coefficient (Wildman–Crippen LogP) is 3.85. The molecule has 0 spiro atoms. The Kier molecular flexibility index (Phi) is 5.42. The van der Waals surface area contributed by atoms with Crippen molar-refractivity contribution in [3.05, 3.63) is 34.6 Å². The maximum Gasteiger partial charge on any atom is 0.142 e. The van der Waals surface area contributed by atoms with Gasteiger partial charge in [-0.25, -0.2) is 4.39 Å². The fourth-order valence-electron chi connectivity index (χ4n) is 3.11. The smallest absolute Gasteiger partial charge is 0.142 e. The van der Waals surface area contributed by atoms with E-state index in [4.69, 9.17) is 17.3 Å². The van der Waals surface area contributed by atoms with E-state index in [-0.39, 0.29) is 16.9 Å².